The van der Waals surface area contributed by atoms with Crippen LogP contribution >= 0.6 is 0 Å². The van der Waals surface area contributed by atoms with Crippen molar-refractivity contribution in [1.82, 2.24) is 10.9 Å². The standard InChI is InChI=1S/C10H14N2O/c1-6-9-3-8(5-13)4-10(9)7(2)12-11-6/h5,8,11-12H,3-4H2,1-2H3. The Morgan fingerprint density at radius 3 is 2.00 bits per heavy atom. The van der Waals surface area contributed by atoms with Gasteiger partial charge in [0.25, 0.3) is 0 Å². The fourth-order valence-electron chi connectivity index (χ4n) is 2.04. The number of fused-ring (bicyclic) bond motifs is 1. The highest BCUT2D eigenvalue weighted by atomic mass is 16.1. The maximum atomic E-state index is 10.7. The van der Waals surface area contributed by atoms with Crippen molar-refractivity contribution in [2.24, 2.45) is 5.92 Å². The van der Waals surface area contributed by atoms with Crippen LogP contribution in [-0.2, 0) is 4.79 Å². The lowest BCUT2D eigenvalue weighted by Crippen LogP contribution is -2.33. The Morgan fingerprint density at radius 2 is 1.62 bits per heavy atom. The molecule has 1 aliphatic heterocycles. The van der Waals surface area contributed by atoms with Crippen molar-refractivity contribution in [3.8, 4) is 0 Å². The Kier molecular flexibility index (Phi) is 1.87. The first-order chi connectivity index (χ1) is 6.22. The molecule has 0 amide bonds. The van der Waals surface area contributed by atoms with E-state index >= 15 is 0 Å². The first kappa shape index (κ1) is 8.35. The van der Waals surface area contributed by atoms with Gasteiger partial charge in [-0.2, -0.15) is 0 Å². The lowest BCUT2D eigenvalue weighted by atomic mass is 10.1. The minimum atomic E-state index is 0.191. The van der Waals surface area contributed by atoms with E-state index in [1.54, 1.807) is 0 Å². The SMILES string of the molecule is CC1=C2CC(C=O)CC2=C(C)NN1. The van der Waals surface area contributed by atoms with Gasteiger partial charge in [0, 0.05) is 17.3 Å². The number of hydrogen-bond acceptors (Lipinski definition) is 3. The summed E-state index contributed by atoms with van der Waals surface area (Å²) in [6.07, 6.45) is 2.87. The van der Waals surface area contributed by atoms with Crippen molar-refractivity contribution < 1.29 is 4.79 Å². The quantitative estimate of drug-likeness (QED) is 0.594. The average Bonchev–Trinajstić information content (AvgIpc) is 2.56. The summed E-state index contributed by atoms with van der Waals surface area (Å²) >= 11 is 0. The Hall–Kier alpha value is -1.25. The van der Waals surface area contributed by atoms with Crippen LogP contribution in [0.3, 0.4) is 0 Å². The highest BCUT2D eigenvalue weighted by Gasteiger charge is 2.28. The van der Waals surface area contributed by atoms with Crippen molar-refractivity contribution in [2.45, 2.75) is 26.7 Å². The molecular formula is C10H14N2O. The third-order valence-corrected chi connectivity index (χ3v) is 2.83. The summed E-state index contributed by atoms with van der Waals surface area (Å²) in [7, 11) is 0. The maximum Gasteiger partial charge on any atom is 0.123 e. The van der Waals surface area contributed by atoms with Gasteiger partial charge >= 0.3 is 0 Å². The number of rotatable bonds is 1. The summed E-state index contributed by atoms with van der Waals surface area (Å²) in [6.45, 7) is 4.09. The highest BCUT2D eigenvalue weighted by molar-refractivity contribution is 5.60. The lowest BCUT2D eigenvalue weighted by Gasteiger charge is -2.21. The van der Waals surface area contributed by atoms with E-state index in [1.165, 1.54) is 11.1 Å². The molecule has 1 saturated carbocycles. The smallest absolute Gasteiger partial charge is 0.123 e. The van der Waals surface area contributed by atoms with Crippen LogP contribution in [0.2, 0.25) is 0 Å². The first-order valence-electron chi connectivity index (χ1n) is 4.59. The summed E-state index contributed by atoms with van der Waals surface area (Å²) in [5.74, 6) is 0.191. The molecule has 1 heterocycles. The molecule has 2 N–H and O–H groups in total. The van der Waals surface area contributed by atoms with E-state index < -0.39 is 0 Å². The van der Waals surface area contributed by atoms with Crippen LogP contribution in [0, 0.1) is 5.92 Å². The van der Waals surface area contributed by atoms with Crippen LogP contribution in [0.25, 0.3) is 0 Å². The molecule has 3 heteroatoms. The minimum Gasteiger partial charge on any atom is -0.305 e. The van der Waals surface area contributed by atoms with Gasteiger partial charge in [-0.25, -0.2) is 0 Å². The molecule has 0 unspecified atom stereocenters. The normalized spacial score (nSPS) is 22.6. The van der Waals surface area contributed by atoms with Crippen LogP contribution in [0.15, 0.2) is 22.5 Å². The second kappa shape index (κ2) is 2.91. The van der Waals surface area contributed by atoms with Crippen LogP contribution < -0.4 is 10.9 Å². The number of hydrogen-bond donors (Lipinski definition) is 2. The van der Waals surface area contributed by atoms with Crippen LogP contribution in [-0.4, -0.2) is 6.29 Å². The van der Waals surface area contributed by atoms with Crippen molar-refractivity contribution >= 4 is 6.29 Å². The molecule has 1 aliphatic carbocycles. The molecule has 0 aromatic heterocycles. The average molecular weight is 178 g/mol. The van der Waals surface area contributed by atoms with Crippen molar-refractivity contribution in [3.05, 3.63) is 22.5 Å². The number of hydrazine groups is 1. The fraction of sp³-hybridized carbons (Fsp3) is 0.500. The summed E-state index contributed by atoms with van der Waals surface area (Å²) in [4.78, 5) is 10.7. The third-order valence-electron chi connectivity index (χ3n) is 2.83. The molecule has 1 fully saturated rings. The van der Waals surface area contributed by atoms with Gasteiger partial charge in [-0.15, -0.1) is 0 Å². The third kappa shape index (κ3) is 1.24. The van der Waals surface area contributed by atoms with Gasteiger partial charge in [0.2, 0.25) is 0 Å². The molecule has 0 radical (unpaired) electrons. The molecule has 2 rings (SSSR count). The van der Waals surface area contributed by atoms with Crippen molar-refractivity contribution in [3.63, 3.8) is 0 Å². The Morgan fingerprint density at radius 1 is 1.15 bits per heavy atom. The van der Waals surface area contributed by atoms with Gasteiger partial charge in [0.05, 0.1) is 0 Å². The van der Waals surface area contributed by atoms with Crippen molar-refractivity contribution in [2.75, 3.05) is 0 Å². The molecular weight excluding hydrogens is 164 g/mol. The van der Waals surface area contributed by atoms with Gasteiger partial charge in [-0.1, -0.05) is 0 Å². The number of nitrogens with one attached hydrogen (secondary N) is 2. The van der Waals surface area contributed by atoms with E-state index in [0.717, 1.165) is 30.5 Å². The van der Waals surface area contributed by atoms with E-state index in [0.29, 0.717) is 0 Å². The number of carbonyl (C=O) groups excluding carboxylic acids is 1. The van der Waals surface area contributed by atoms with Crippen LogP contribution in [0.5, 0.6) is 0 Å². The summed E-state index contributed by atoms with van der Waals surface area (Å²) in [5.41, 5.74) is 11.2. The molecule has 0 bridgehead atoms. The van der Waals surface area contributed by atoms with E-state index in [2.05, 4.69) is 10.9 Å². The predicted octanol–water partition coefficient (Wildman–Crippen LogP) is 1.25. The highest BCUT2D eigenvalue weighted by Crippen LogP contribution is 2.38. The molecule has 0 spiro atoms. The molecule has 2 aliphatic rings. The van der Waals surface area contributed by atoms with E-state index in [4.69, 9.17) is 0 Å². The maximum absolute atomic E-state index is 10.7. The van der Waals surface area contributed by atoms with Gasteiger partial charge < -0.3 is 15.6 Å². The van der Waals surface area contributed by atoms with Gasteiger partial charge in [0.15, 0.2) is 0 Å². The number of allylic oxidation sites excluding steroid dienone is 4. The topological polar surface area (TPSA) is 41.1 Å². The van der Waals surface area contributed by atoms with E-state index in [-0.39, 0.29) is 5.92 Å². The lowest BCUT2D eigenvalue weighted by molar-refractivity contribution is -0.110. The Balaban J connectivity index is 2.38. The molecule has 0 aromatic rings. The van der Waals surface area contributed by atoms with E-state index in [1.807, 2.05) is 13.8 Å². The Labute approximate surface area is 77.9 Å². The summed E-state index contributed by atoms with van der Waals surface area (Å²) < 4.78 is 0. The monoisotopic (exact) mass is 178 g/mol. The molecule has 13 heavy (non-hydrogen) atoms. The zero-order chi connectivity index (χ0) is 9.42. The molecule has 0 aromatic carbocycles. The fourth-order valence-corrected chi connectivity index (χ4v) is 2.04. The zero-order valence-electron chi connectivity index (χ0n) is 7.98. The van der Waals surface area contributed by atoms with Crippen molar-refractivity contribution in [1.29, 1.82) is 0 Å². The molecule has 3 nitrogen and oxygen atoms in total. The van der Waals surface area contributed by atoms with Crippen LogP contribution in [0.1, 0.15) is 26.7 Å². The number of carbonyl (C=O) groups is 1. The Bertz CT molecular complexity index is 287. The number of aldehydes is 1. The predicted molar refractivity (Wildman–Crippen MR) is 50.5 cm³/mol. The van der Waals surface area contributed by atoms with Gasteiger partial charge in [-0.05, 0) is 37.8 Å². The summed E-state index contributed by atoms with van der Waals surface area (Å²) in [6, 6.07) is 0. The van der Waals surface area contributed by atoms with E-state index in [9.17, 15) is 4.79 Å². The van der Waals surface area contributed by atoms with Gasteiger partial charge in [-0.3, -0.25) is 0 Å². The van der Waals surface area contributed by atoms with Crippen LogP contribution in [0.4, 0.5) is 0 Å². The zero-order valence-corrected chi connectivity index (χ0v) is 7.98. The van der Waals surface area contributed by atoms with Gasteiger partial charge in [0.1, 0.15) is 6.29 Å². The first-order valence-corrected chi connectivity index (χ1v) is 4.59. The largest absolute Gasteiger partial charge is 0.305 e. The second-order valence-electron chi connectivity index (χ2n) is 3.76. The minimum absolute atomic E-state index is 0.191. The second-order valence-corrected chi connectivity index (χ2v) is 3.76. The molecule has 70 valence electrons. The molecule has 0 saturated heterocycles. The summed E-state index contributed by atoms with van der Waals surface area (Å²) in [5, 5.41) is 0. The molecule has 0 atom stereocenters.